The fraction of sp³-hybridized carbons (Fsp3) is 0.636. The lowest BCUT2D eigenvalue weighted by Gasteiger charge is -2.32. The topological polar surface area (TPSA) is 25.2 Å². The Morgan fingerprint density at radius 1 is 1.31 bits per heavy atom. The van der Waals surface area contributed by atoms with Crippen LogP contribution in [0.2, 0.25) is 0 Å². The second kappa shape index (κ2) is 2.61. The zero-order valence-electron chi connectivity index (χ0n) is 7.81. The summed E-state index contributed by atoms with van der Waals surface area (Å²) in [4.78, 5) is 0. The van der Waals surface area contributed by atoms with Crippen molar-refractivity contribution in [2.24, 2.45) is 0 Å². The molecule has 1 aromatic rings. The molecule has 13 heavy (non-hydrogen) atoms. The first kappa shape index (κ1) is 7.63. The lowest BCUT2D eigenvalue weighted by Crippen LogP contribution is -2.40. The Kier molecular flexibility index (Phi) is 1.53. The van der Waals surface area contributed by atoms with E-state index in [1.807, 2.05) is 6.26 Å². The molecule has 2 heterocycles. The predicted octanol–water partition coefficient (Wildman–Crippen LogP) is 2.19. The van der Waals surface area contributed by atoms with Crippen LogP contribution < -0.4 is 5.32 Å². The highest BCUT2D eigenvalue weighted by molar-refractivity contribution is 5.29. The number of rotatable bonds is 0. The van der Waals surface area contributed by atoms with Gasteiger partial charge < -0.3 is 9.73 Å². The first-order valence-electron chi connectivity index (χ1n) is 5.18. The normalized spacial score (nSPS) is 24.9. The smallest absolute Gasteiger partial charge is 0.115 e. The third kappa shape index (κ3) is 0.983. The molecule has 1 aliphatic carbocycles. The molecule has 1 saturated carbocycles. The summed E-state index contributed by atoms with van der Waals surface area (Å²) in [6.07, 6.45) is 7.18. The third-order valence-electron chi connectivity index (χ3n) is 3.57. The lowest BCUT2D eigenvalue weighted by molar-refractivity contribution is 0.300. The van der Waals surface area contributed by atoms with Crippen molar-refractivity contribution < 1.29 is 4.42 Å². The van der Waals surface area contributed by atoms with E-state index < -0.39 is 0 Å². The minimum absolute atomic E-state index is 0.358. The second-order valence-corrected chi connectivity index (χ2v) is 4.37. The van der Waals surface area contributed by atoms with Crippen LogP contribution in [-0.4, -0.2) is 6.54 Å². The molecular formula is C11H15NO. The second-order valence-electron chi connectivity index (χ2n) is 4.37. The fourth-order valence-corrected chi connectivity index (χ4v) is 2.91. The van der Waals surface area contributed by atoms with Crippen molar-refractivity contribution >= 4 is 0 Å². The number of nitrogens with one attached hydrogen (secondary N) is 1. The molecule has 0 radical (unpaired) electrons. The van der Waals surface area contributed by atoms with Gasteiger partial charge in [0, 0.05) is 24.1 Å². The molecule has 1 spiro atoms. The van der Waals surface area contributed by atoms with Gasteiger partial charge in [0.2, 0.25) is 0 Å². The van der Waals surface area contributed by atoms with E-state index in [1.165, 1.54) is 37.0 Å². The van der Waals surface area contributed by atoms with E-state index in [-0.39, 0.29) is 0 Å². The monoisotopic (exact) mass is 177 g/mol. The van der Waals surface area contributed by atoms with Crippen LogP contribution in [0.1, 0.15) is 37.0 Å². The highest BCUT2D eigenvalue weighted by Gasteiger charge is 2.41. The van der Waals surface area contributed by atoms with E-state index in [1.54, 1.807) is 0 Å². The summed E-state index contributed by atoms with van der Waals surface area (Å²) in [7, 11) is 0. The fourth-order valence-electron chi connectivity index (χ4n) is 2.91. The average molecular weight is 177 g/mol. The highest BCUT2D eigenvalue weighted by Crippen LogP contribution is 2.43. The van der Waals surface area contributed by atoms with Crippen LogP contribution in [0.5, 0.6) is 0 Å². The van der Waals surface area contributed by atoms with Crippen molar-refractivity contribution in [2.75, 3.05) is 6.54 Å². The number of hydrogen-bond donors (Lipinski definition) is 1. The molecule has 0 saturated heterocycles. The Labute approximate surface area is 78.3 Å². The largest absolute Gasteiger partial charge is 0.468 e. The molecule has 2 nitrogen and oxygen atoms in total. The van der Waals surface area contributed by atoms with Gasteiger partial charge in [0.1, 0.15) is 5.76 Å². The molecule has 2 aliphatic rings. The SMILES string of the molecule is c1cc2c(o1)C1(CCCC1)CNC2. The first-order valence-corrected chi connectivity index (χ1v) is 5.18. The molecule has 1 aliphatic heterocycles. The molecule has 0 aromatic carbocycles. The van der Waals surface area contributed by atoms with Crippen LogP contribution in [0.4, 0.5) is 0 Å². The van der Waals surface area contributed by atoms with E-state index in [0.29, 0.717) is 5.41 Å². The van der Waals surface area contributed by atoms with E-state index in [0.717, 1.165) is 13.1 Å². The van der Waals surface area contributed by atoms with Gasteiger partial charge in [0.15, 0.2) is 0 Å². The maximum absolute atomic E-state index is 5.65. The van der Waals surface area contributed by atoms with E-state index >= 15 is 0 Å². The van der Waals surface area contributed by atoms with Crippen LogP contribution >= 0.6 is 0 Å². The zero-order valence-corrected chi connectivity index (χ0v) is 7.81. The number of furan rings is 1. The van der Waals surface area contributed by atoms with Crippen molar-refractivity contribution in [1.82, 2.24) is 5.32 Å². The molecular weight excluding hydrogens is 162 g/mol. The van der Waals surface area contributed by atoms with Crippen molar-refractivity contribution in [3.63, 3.8) is 0 Å². The lowest BCUT2D eigenvalue weighted by atomic mass is 9.79. The standard InChI is InChI=1S/C11H15NO/c1-2-5-11(4-1)8-12-7-9-3-6-13-10(9)11/h3,6,12H,1-2,4-5,7-8H2. The number of hydrogen-bond acceptors (Lipinski definition) is 2. The van der Waals surface area contributed by atoms with Crippen molar-refractivity contribution in [3.8, 4) is 0 Å². The van der Waals surface area contributed by atoms with Gasteiger partial charge in [-0.15, -0.1) is 0 Å². The van der Waals surface area contributed by atoms with Gasteiger partial charge in [-0.1, -0.05) is 12.8 Å². The van der Waals surface area contributed by atoms with Gasteiger partial charge in [-0.05, 0) is 18.9 Å². The summed E-state index contributed by atoms with van der Waals surface area (Å²) < 4.78 is 5.65. The van der Waals surface area contributed by atoms with Crippen LogP contribution in [0, 0.1) is 0 Å². The minimum Gasteiger partial charge on any atom is -0.468 e. The van der Waals surface area contributed by atoms with E-state index in [2.05, 4.69) is 11.4 Å². The van der Waals surface area contributed by atoms with Crippen LogP contribution in [-0.2, 0) is 12.0 Å². The van der Waals surface area contributed by atoms with Gasteiger partial charge in [0.25, 0.3) is 0 Å². The van der Waals surface area contributed by atoms with Gasteiger partial charge in [0.05, 0.1) is 6.26 Å². The van der Waals surface area contributed by atoms with E-state index in [9.17, 15) is 0 Å². The summed E-state index contributed by atoms with van der Waals surface area (Å²) in [5.41, 5.74) is 1.74. The van der Waals surface area contributed by atoms with Gasteiger partial charge in [-0.25, -0.2) is 0 Å². The van der Waals surface area contributed by atoms with Gasteiger partial charge in [-0.3, -0.25) is 0 Å². The summed E-state index contributed by atoms with van der Waals surface area (Å²) in [5.74, 6) is 1.28. The Morgan fingerprint density at radius 3 is 3.00 bits per heavy atom. The van der Waals surface area contributed by atoms with Crippen molar-refractivity contribution in [2.45, 2.75) is 37.6 Å². The molecule has 1 N–H and O–H groups in total. The van der Waals surface area contributed by atoms with Crippen molar-refractivity contribution in [1.29, 1.82) is 0 Å². The molecule has 2 heteroatoms. The Morgan fingerprint density at radius 2 is 2.15 bits per heavy atom. The third-order valence-corrected chi connectivity index (χ3v) is 3.57. The zero-order chi connectivity index (χ0) is 8.73. The minimum atomic E-state index is 0.358. The molecule has 0 amide bonds. The van der Waals surface area contributed by atoms with Gasteiger partial charge in [-0.2, -0.15) is 0 Å². The summed E-state index contributed by atoms with van der Waals surface area (Å²) in [6.45, 7) is 2.11. The molecule has 1 aromatic heterocycles. The summed E-state index contributed by atoms with van der Waals surface area (Å²) in [6, 6.07) is 2.11. The quantitative estimate of drug-likeness (QED) is 0.657. The molecule has 0 unspecified atom stereocenters. The average Bonchev–Trinajstić information content (AvgIpc) is 2.74. The molecule has 70 valence electrons. The maximum atomic E-state index is 5.65. The van der Waals surface area contributed by atoms with Crippen LogP contribution in [0.3, 0.4) is 0 Å². The Balaban J connectivity index is 2.08. The Hall–Kier alpha value is -0.760. The molecule has 0 bridgehead atoms. The Bertz CT molecular complexity index is 310. The molecule has 0 atom stereocenters. The first-order chi connectivity index (χ1) is 6.41. The van der Waals surface area contributed by atoms with Crippen LogP contribution in [0.25, 0.3) is 0 Å². The van der Waals surface area contributed by atoms with E-state index in [4.69, 9.17) is 4.42 Å². The van der Waals surface area contributed by atoms with Crippen molar-refractivity contribution in [3.05, 3.63) is 23.7 Å². The number of fused-ring (bicyclic) bond motifs is 2. The maximum Gasteiger partial charge on any atom is 0.115 e. The molecule has 3 rings (SSSR count). The summed E-state index contributed by atoms with van der Waals surface area (Å²) in [5, 5.41) is 3.50. The highest BCUT2D eigenvalue weighted by atomic mass is 16.3. The molecule has 1 fully saturated rings. The van der Waals surface area contributed by atoms with Crippen LogP contribution in [0.15, 0.2) is 16.7 Å². The predicted molar refractivity (Wildman–Crippen MR) is 50.6 cm³/mol. The summed E-state index contributed by atoms with van der Waals surface area (Å²) >= 11 is 0. The van der Waals surface area contributed by atoms with Gasteiger partial charge >= 0.3 is 0 Å².